The molecule has 2 aliphatic rings. The molecular weight excluding hydrogens is 395 g/mol. The monoisotopic (exact) mass is 427 g/mol. The van der Waals surface area contributed by atoms with Gasteiger partial charge in [-0.2, -0.15) is 17.5 Å². The minimum atomic E-state index is -5.24. The maximum atomic E-state index is 12.6. The van der Waals surface area contributed by atoms with Gasteiger partial charge in [0.25, 0.3) is 0 Å². The van der Waals surface area contributed by atoms with E-state index in [2.05, 4.69) is 27.4 Å². The van der Waals surface area contributed by atoms with E-state index in [-0.39, 0.29) is 19.1 Å². The molecule has 2 aliphatic heterocycles. The third-order valence-corrected chi connectivity index (χ3v) is 7.28. The first kappa shape index (κ1) is 23.2. The van der Waals surface area contributed by atoms with Gasteiger partial charge in [0.05, 0.1) is 0 Å². The van der Waals surface area contributed by atoms with Crippen LogP contribution in [0.15, 0.2) is 4.99 Å². The fraction of sp³-hybridized carbons (Fsp3) is 0.941. The van der Waals surface area contributed by atoms with Crippen LogP contribution in [0, 0.1) is 5.92 Å². The fourth-order valence-electron chi connectivity index (χ4n) is 3.76. The second-order valence-electron chi connectivity index (χ2n) is 7.43. The predicted octanol–water partition coefficient (Wildman–Crippen LogP) is 1.59. The smallest absolute Gasteiger partial charge is 0.356 e. The summed E-state index contributed by atoms with van der Waals surface area (Å²) in [4.78, 5) is 6.63. The Balaban J connectivity index is 1.70. The molecule has 0 spiro atoms. The van der Waals surface area contributed by atoms with Crippen molar-refractivity contribution >= 4 is 16.0 Å². The highest BCUT2D eigenvalue weighted by Gasteiger charge is 2.50. The zero-order valence-corrected chi connectivity index (χ0v) is 17.4. The summed E-state index contributed by atoms with van der Waals surface area (Å²) in [7, 11) is -3.58. The van der Waals surface area contributed by atoms with Crippen LogP contribution in [0.5, 0.6) is 0 Å². The molecule has 0 aromatic carbocycles. The SMILES string of the molecule is CCN1CCC(CCNC(=NC)NC2CCN(S(=O)(=O)C(F)(F)F)CC2)CC1. The highest BCUT2D eigenvalue weighted by Crippen LogP contribution is 2.29. The van der Waals surface area contributed by atoms with Crippen molar-refractivity contribution in [1.29, 1.82) is 0 Å². The first-order valence-corrected chi connectivity index (χ1v) is 11.4. The van der Waals surface area contributed by atoms with Crippen molar-refractivity contribution in [1.82, 2.24) is 19.8 Å². The fourth-order valence-corrected chi connectivity index (χ4v) is 4.75. The number of hydrogen-bond acceptors (Lipinski definition) is 4. The summed E-state index contributed by atoms with van der Waals surface area (Å²) in [6.07, 6.45) is 4.08. The van der Waals surface area contributed by atoms with Crippen molar-refractivity contribution in [3.63, 3.8) is 0 Å². The largest absolute Gasteiger partial charge is 0.511 e. The van der Waals surface area contributed by atoms with Gasteiger partial charge in [-0.1, -0.05) is 6.92 Å². The molecule has 0 aromatic heterocycles. The maximum absolute atomic E-state index is 12.6. The molecule has 0 bridgehead atoms. The van der Waals surface area contributed by atoms with E-state index in [0.717, 1.165) is 32.6 Å². The molecule has 0 unspecified atom stereocenters. The zero-order chi connectivity index (χ0) is 20.8. The summed E-state index contributed by atoms with van der Waals surface area (Å²) < 4.78 is 61.4. The van der Waals surface area contributed by atoms with Gasteiger partial charge in [0.15, 0.2) is 5.96 Å². The van der Waals surface area contributed by atoms with E-state index in [1.807, 2.05) is 0 Å². The molecule has 164 valence electrons. The van der Waals surface area contributed by atoms with Crippen molar-refractivity contribution in [3.05, 3.63) is 0 Å². The Morgan fingerprint density at radius 3 is 2.21 bits per heavy atom. The van der Waals surface area contributed by atoms with Gasteiger partial charge in [0, 0.05) is 32.7 Å². The number of likely N-dealkylation sites (tertiary alicyclic amines) is 1. The van der Waals surface area contributed by atoms with E-state index in [4.69, 9.17) is 0 Å². The predicted molar refractivity (Wildman–Crippen MR) is 104 cm³/mol. The molecule has 28 heavy (non-hydrogen) atoms. The van der Waals surface area contributed by atoms with Crippen molar-refractivity contribution in [2.24, 2.45) is 10.9 Å². The van der Waals surface area contributed by atoms with Crippen LogP contribution in [0.2, 0.25) is 0 Å². The van der Waals surface area contributed by atoms with Gasteiger partial charge in [-0.3, -0.25) is 4.99 Å². The summed E-state index contributed by atoms with van der Waals surface area (Å²) in [5, 5.41) is 6.47. The van der Waals surface area contributed by atoms with E-state index in [1.54, 1.807) is 7.05 Å². The average Bonchev–Trinajstić information content (AvgIpc) is 2.67. The lowest BCUT2D eigenvalue weighted by Crippen LogP contribution is -2.51. The quantitative estimate of drug-likeness (QED) is 0.497. The van der Waals surface area contributed by atoms with E-state index < -0.39 is 15.5 Å². The number of hydrogen-bond donors (Lipinski definition) is 2. The lowest BCUT2D eigenvalue weighted by Gasteiger charge is -2.33. The number of sulfonamides is 1. The molecule has 2 fully saturated rings. The first-order chi connectivity index (χ1) is 13.2. The van der Waals surface area contributed by atoms with Crippen molar-refractivity contribution in [3.8, 4) is 0 Å². The second-order valence-corrected chi connectivity index (χ2v) is 9.36. The van der Waals surface area contributed by atoms with Crippen LogP contribution < -0.4 is 10.6 Å². The molecule has 2 saturated heterocycles. The number of piperidine rings is 2. The minimum Gasteiger partial charge on any atom is -0.356 e. The Labute approximate surface area is 165 Å². The number of aliphatic imine (C=N–C) groups is 1. The van der Waals surface area contributed by atoms with Crippen LogP contribution in [0.25, 0.3) is 0 Å². The molecule has 0 radical (unpaired) electrons. The molecule has 2 rings (SSSR count). The van der Waals surface area contributed by atoms with E-state index in [9.17, 15) is 21.6 Å². The van der Waals surface area contributed by atoms with Crippen LogP contribution in [0.1, 0.15) is 39.0 Å². The number of nitrogens with one attached hydrogen (secondary N) is 2. The molecule has 0 amide bonds. The van der Waals surface area contributed by atoms with Crippen LogP contribution in [0.4, 0.5) is 13.2 Å². The highest BCUT2D eigenvalue weighted by atomic mass is 32.2. The molecular formula is C17H32F3N5O2S. The number of rotatable bonds is 6. The summed E-state index contributed by atoms with van der Waals surface area (Å²) in [6.45, 7) is 6.07. The van der Waals surface area contributed by atoms with E-state index in [1.165, 1.54) is 12.8 Å². The number of guanidine groups is 1. The Kier molecular flexibility index (Phi) is 8.38. The molecule has 0 atom stereocenters. The van der Waals surface area contributed by atoms with E-state index in [0.29, 0.717) is 29.0 Å². The van der Waals surface area contributed by atoms with E-state index >= 15 is 0 Å². The Hall–Kier alpha value is -1.07. The summed E-state index contributed by atoms with van der Waals surface area (Å²) >= 11 is 0. The third-order valence-electron chi connectivity index (χ3n) is 5.65. The second kappa shape index (κ2) is 10.1. The van der Waals surface area contributed by atoms with Crippen molar-refractivity contribution < 1.29 is 21.6 Å². The normalized spacial score (nSPS) is 22.4. The molecule has 0 saturated carbocycles. The van der Waals surface area contributed by atoms with Crippen molar-refractivity contribution in [2.75, 3.05) is 46.3 Å². The van der Waals surface area contributed by atoms with Crippen LogP contribution in [0.3, 0.4) is 0 Å². The molecule has 0 aliphatic carbocycles. The van der Waals surface area contributed by atoms with Gasteiger partial charge in [-0.15, -0.1) is 0 Å². The first-order valence-electron chi connectivity index (χ1n) is 9.93. The van der Waals surface area contributed by atoms with Crippen LogP contribution >= 0.6 is 0 Å². The minimum absolute atomic E-state index is 0.0984. The molecule has 7 nitrogen and oxygen atoms in total. The summed E-state index contributed by atoms with van der Waals surface area (Å²) in [5.74, 6) is 1.31. The number of halogens is 3. The molecule has 2 N–H and O–H groups in total. The van der Waals surface area contributed by atoms with Gasteiger partial charge >= 0.3 is 15.5 Å². The Morgan fingerprint density at radius 1 is 1.11 bits per heavy atom. The molecule has 11 heteroatoms. The molecule has 0 aromatic rings. The topological polar surface area (TPSA) is 77.0 Å². The van der Waals surface area contributed by atoms with Crippen LogP contribution in [-0.2, 0) is 10.0 Å². The zero-order valence-electron chi connectivity index (χ0n) is 16.6. The Bertz CT molecular complexity index is 611. The number of alkyl halides is 3. The van der Waals surface area contributed by atoms with Gasteiger partial charge in [0.2, 0.25) is 0 Å². The van der Waals surface area contributed by atoms with Gasteiger partial charge < -0.3 is 15.5 Å². The standard InChI is InChI=1S/C17H32F3N5O2S/c1-3-24-10-5-14(6-11-24)4-9-22-16(21-2)23-15-7-12-25(13-8-15)28(26,27)17(18,19)20/h14-15H,3-13H2,1-2H3,(H2,21,22,23). The lowest BCUT2D eigenvalue weighted by atomic mass is 9.93. The Morgan fingerprint density at radius 2 is 1.71 bits per heavy atom. The number of nitrogens with zero attached hydrogens (tertiary/aromatic N) is 3. The maximum Gasteiger partial charge on any atom is 0.511 e. The van der Waals surface area contributed by atoms with Gasteiger partial charge in [-0.05, 0) is 57.7 Å². The molecule has 2 heterocycles. The summed E-state index contributed by atoms with van der Waals surface area (Å²) in [6, 6.07) is -0.0984. The third kappa shape index (κ3) is 6.21. The highest BCUT2D eigenvalue weighted by molar-refractivity contribution is 7.90. The van der Waals surface area contributed by atoms with Crippen LogP contribution in [-0.4, -0.2) is 81.4 Å². The van der Waals surface area contributed by atoms with Crippen molar-refractivity contribution in [2.45, 2.75) is 50.6 Å². The summed E-state index contributed by atoms with van der Waals surface area (Å²) in [5.41, 5.74) is -5.24. The van der Waals surface area contributed by atoms with Gasteiger partial charge in [0.1, 0.15) is 0 Å². The lowest BCUT2D eigenvalue weighted by molar-refractivity contribution is -0.0494. The van der Waals surface area contributed by atoms with Gasteiger partial charge in [-0.25, -0.2) is 8.42 Å². The average molecular weight is 428 g/mol.